The van der Waals surface area contributed by atoms with Crippen LogP contribution in [0.2, 0.25) is 5.02 Å². The molecule has 110 valence electrons. The Morgan fingerprint density at radius 1 is 1.33 bits per heavy atom. The maximum Gasteiger partial charge on any atom is 0.123 e. The number of hydrogen-bond donors (Lipinski definition) is 1. The molecule has 0 aliphatic carbocycles. The Hall–Kier alpha value is -1.03. The van der Waals surface area contributed by atoms with Crippen molar-refractivity contribution in [3.05, 3.63) is 62.6 Å². The Morgan fingerprint density at radius 2 is 2.14 bits per heavy atom. The molecule has 2 aromatic carbocycles. The summed E-state index contributed by atoms with van der Waals surface area (Å²) in [4.78, 5) is 0. The van der Waals surface area contributed by atoms with Gasteiger partial charge in [0, 0.05) is 10.9 Å². The summed E-state index contributed by atoms with van der Waals surface area (Å²) in [6.07, 6.45) is 1.23. The highest BCUT2D eigenvalue weighted by molar-refractivity contribution is 9.10. The molecule has 21 heavy (non-hydrogen) atoms. The molecule has 2 atom stereocenters. The lowest BCUT2D eigenvalue weighted by molar-refractivity contribution is 0.254. The zero-order valence-corrected chi connectivity index (χ0v) is 14.3. The number of hydrogen-bond acceptors (Lipinski definition) is 2. The Balaban J connectivity index is 2.01. The fourth-order valence-corrected chi connectivity index (χ4v) is 3.48. The standard InChI is InChI=1S/C17H17BrClNO/c1-10-8-12-9-11(6-7-15(12)21-10)17(20-2)13-4-3-5-14(18)16(13)19/h3-7,9-10,17,20H,8H2,1-2H3. The van der Waals surface area contributed by atoms with E-state index in [0.717, 1.165) is 27.2 Å². The molecule has 0 saturated carbocycles. The van der Waals surface area contributed by atoms with E-state index >= 15 is 0 Å². The highest BCUT2D eigenvalue weighted by Gasteiger charge is 2.22. The number of fused-ring (bicyclic) bond motifs is 1. The third-order valence-electron chi connectivity index (χ3n) is 3.83. The van der Waals surface area contributed by atoms with E-state index in [1.165, 1.54) is 11.1 Å². The minimum atomic E-state index is 0.0659. The first kappa shape index (κ1) is 14.9. The molecule has 0 amide bonds. The van der Waals surface area contributed by atoms with Gasteiger partial charge in [-0.25, -0.2) is 0 Å². The lowest BCUT2D eigenvalue weighted by Crippen LogP contribution is -2.18. The zero-order valence-electron chi connectivity index (χ0n) is 12.0. The van der Waals surface area contributed by atoms with Crippen LogP contribution in [0.4, 0.5) is 0 Å². The summed E-state index contributed by atoms with van der Waals surface area (Å²) >= 11 is 9.94. The SMILES string of the molecule is CNC(c1ccc2c(c1)CC(C)O2)c1cccc(Br)c1Cl. The molecule has 2 nitrogen and oxygen atoms in total. The summed E-state index contributed by atoms with van der Waals surface area (Å²) in [5, 5.41) is 4.11. The van der Waals surface area contributed by atoms with Crippen molar-refractivity contribution >= 4 is 27.5 Å². The van der Waals surface area contributed by atoms with Gasteiger partial charge in [-0.2, -0.15) is 0 Å². The van der Waals surface area contributed by atoms with Crippen molar-refractivity contribution in [2.45, 2.75) is 25.5 Å². The van der Waals surface area contributed by atoms with Crippen LogP contribution in [0.3, 0.4) is 0 Å². The quantitative estimate of drug-likeness (QED) is 0.847. The maximum atomic E-state index is 6.45. The molecular weight excluding hydrogens is 350 g/mol. The van der Waals surface area contributed by atoms with Crippen LogP contribution in [0.25, 0.3) is 0 Å². The van der Waals surface area contributed by atoms with Gasteiger partial charge in [0.25, 0.3) is 0 Å². The topological polar surface area (TPSA) is 21.3 Å². The Bertz CT molecular complexity index is 674. The average molecular weight is 367 g/mol. The first-order valence-corrected chi connectivity index (χ1v) is 8.18. The maximum absolute atomic E-state index is 6.45. The second-order valence-electron chi connectivity index (χ2n) is 5.36. The number of rotatable bonds is 3. The van der Waals surface area contributed by atoms with Crippen molar-refractivity contribution < 1.29 is 4.74 Å². The molecule has 3 rings (SSSR count). The molecule has 0 aromatic heterocycles. The van der Waals surface area contributed by atoms with Gasteiger partial charge >= 0.3 is 0 Å². The molecule has 2 aromatic rings. The molecule has 1 N–H and O–H groups in total. The van der Waals surface area contributed by atoms with E-state index in [4.69, 9.17) is 16.3 Å². The van der Waals surface area contributed by atoms with Crippen molar-refractivity contribution in [1.29, 1.82) is 0 Å². The van der Waals surface area contributed by atoms with Crippen molar-refractivity contribution in [3.8, 4) is 5.75 Å². The molecule has 2 unspecified atom stereocenters. The summed E-state index contributed by atoms with van der Waals surface area (Å²) in [5.41, 5.74) is 3.54. The molecule has 0 fully saturated rings. The van der Waals surface area contributed by atoms with Crippen LogP contribution in [0, 0.1) is 0 Å². The van der Waals surface area contributed by atoms with E-state index in [-0.39, 0.29) is 12.1 Å². The first-order chi connectivity index (χ1) is 10.1. The molecule has 0 bridgehead atoms. The number of ether oxygens (including phenoxy) is 1. The molecule has 0 spiro atoms. The lowest BCUT2D eigenvalue weighted by atomic mass is 9.96. The van der Waals surface area contributed by atoms with Gasteiger partial charge < -0.3 is 10.1 Å². The monoisotopic (exact) mass is 365 g/mol. The predicted molar refractivity (Wildman–Crippen MR) is 90.3 cm³/mol. The molecule has 0 radical (unpaired) electrons. The summed E-state index contributed by atoms with van der Waals surface area (Å²) in [7, 11) is 1.95. The molecule has 0 saturated heterocycles. The molecular formula is C17H17BrClNO. The zero-order chi connectivity index (χ0) is 15.0. The van der Waals surface area contributed by atoms with Crippen molar-refractivity contribution in [1.82, 2.24) is 5.32 Å². The smallest absolute Gasteiger partial charge is 0.123 e. The van der Waals surface area contributed by atoms with E-state index in [1.807, 2.05) is 19.2 Å². The van der Waals surface area contributed by atoms with Gasteiger partial charge in [-0.15, -0.1) is 0 Å². The van der Waals surface area contributed by atoms with E-state index in [1.54, 1.807) is 0 Å². The minimum absolute atomic E-state index is 0.0659. The Labute approximate surface area is 138 Å². The van der Waals surface area contributed by atoms with Crippen LogP contribution in [0.1, 0.15) is 29.7 Å². The van der Waals surface area contributed by atoms with E-state index in [2.05, 4.69) is 52.4 Å². The van der Waals surface area contributed by atoms with Gasteiger partial charge in [0.15, 0.2) is 0 Å². The third-order valence-corrected chi connectivity index (χ3v) is 5.15. The second kappa shape index (κ2) is 5.99. The Kier molecular flexibility index (Phi) is 4.25. The molecule has 4 heteroatoms. The van der Waals surface area contributed by atoms with Crippen molar-refractivity contribution in [2.24, 2.45) is 0 Å². The highest BCUT2D eigenvalue weighted by Crippen LogP contribution is 2.36. The van der Waals surface area contributed by atoms with E-state index in [9.17, 15) is 0 Å². The van der Waals surface area contributed by atoms with Crippen LogP contribution >= 0.6 is 27.5 Å². The van der Waals surface area contributed by atoms with Crippen LogP contribution in [0.5, 0.6) is 5.75 Å². The molecule has 1 aliphatic rings. The second-order valence-corrected chi connectivity index (χ2v) is 6.60. The number of halogens is 2. The third kappa shape index (κ3) is 2.83. The lowest BCUT2D eigenvalue weighted by Gasteiger charge is -2.20. The fraction of sp³-hybridized carbons (Fsp3) is 0.294. The summed E-state index contributed by atoms with van der Waals surface area (Å²) in [6, 6.07) is 12.5. The summed E-state index contributed by atoms with van der Waals surface area (Å²) in [5.74, 6) is 1.00. The first-order valence-electron chi connectivity index (χ1n) is 7.01. The largest absolute Gasteiger partial charge is 0.490 e. The van der Waals surface area contributed by atoms with Gasteiger partial charge in [-0.1, -0.05) is 35.9 Å². The van der Waals surface area contributed by atoms with Gasteiger partial charge in [-0.3, -0.25) is 0 Å². The fourth-order valence-electron chi connectivity index (χ4n) is 2.87. The van der Waals surface area contributed by atoms with E-state index in [0.29, 0.717) is 0 Å². The molecule has 1 aliphatic heterocycles. The summed E-state index contributed by atoms with van der Waals surface area (Å²) in [6.45, 7) is 2.10. The normalized spacial score (nSPS) is 18.2. The summed E-state index contributed by atoms with van der Waals surface area (Å²) < 4.78 is 6.69. The van der Waals surface area contributed by atoms with Gasteiger partial charge in [0.05, 0.1) is 11.1 Å². The van der Waals surface area contributed by atoms with Gasteiger partial charge in [0.1, 0.15) is 11.9 Å². The van der Waals surface area contributed by atoms with Crippen LogP contribution in [-0.2, 0) is 6.42 Å². The van der Waals surface area contributed by atoms with Crippen LogP contribution in [0.15, 0.2) is 40.9 Å². The number of nitrogens with one attached hydrogen (secondary N) is 1. The van der Waals surface area contributed by atoms with Crippen molar-refractivity contribution in [2.75, 3.05) is 7.05 Å². The average Bonchev–Trinajstić information content (AvgIpc) is 2.83. The number of benzene rings is 2. The minimum Gasteiger partial charge on any atom is -0.490 e. The van der Waals surface area contributed by atoms with E-state index < -0.39 is 0 Å². The molecule has 1 heterocycles. The van der Waals surface area contributed by atoms with Gasteiger partial charge in [-0.05, 0) is 58.7 Å². The van der Waals surface area contributed by atoms with Gasteiger partial charge in [0.2, 0.25) is 0 Å². The predicted octanol–water partition coefficient (Wildman–Crippen LogP) is 4.73. The van der Waals surface area contributed by atoms with Crippen molar-refractivity contribution in [3.63, 3.8) is 0 Å². The van der Waals surface area contributed by atoms with Crippen LogP contribution in [-0.4, -0.2) is 13.2 Å². The Morgan fingerprint density at radius 3 is 2.90 bits per heavy atom. The highest BCUT2D eigenvalue weighted by atomic mass is 79.9. The van der Waals surface area contributed by atoms with Crippen LogP contribution < -0.4 is 10.1 Å².